The maximum absolute atomic E-state index is 13.9. The highest BCUT2D eigenvalue weighted by molar-refractivity contribution is 7.10. The summed E-state index contributed by atoms with van der Waals surface area (Å²) in [5.74, 6) is -1.00. The number of alkyl halides is 3. The van der Waals surface area contributed by atoms with Crippen LogP contribution in [0.4, 0.5) is 18.9 Å². The molecule has 0 amide bonds. The Morgan fingerprint density at radius 3 is 2.77 bits per heavy atom. The summed E-state index contributed by atoms with van der Waals surface area (Å²) in [5.41, 5.74) is 7.08. The molecular weight excluding hydrogens is 477 g/mol. The molecule has 0 bridgehead atoms. The number of rotatable bonds is 4. The number of para-hydroxylation sites is 1. The average Bonchev–Trinajstić information content (AvgIpc) is 3.50. The topological polar surface area (TPSA) is 101 Å². The maximum Gasteiger partial charge on any atom is 0.418 e. The summed E-state index contributed by atoms with van der Waals surface area (Å²) in [6.07, 6.45) is -0.495. The number of nitrogens with zero attached hydrogens (tertiary/aromatic N) is 5. The van der Waals surface area contributed by atoms with Gasteiger partial charge in [-0.25, -0.2) is 9.67 Å². The predicted molar refractivity (Wildman–Crippen MR) is 123 cm³/mol. The van der Waals surface area contributed by atoms with Gasteiger partial charge < -0.3 is 5.73 Å². The molecule has 3 aromatic rings. The molecule has 1 aliphatic heterocycles. The summed E-state index contributed by atoms with van der Waals surface area (Å²) in [6.45, 7) is 0.454. The molecular formula is C24H19F3N6OS. The molecule has 0 fully saturated rings. The first kappa shape index (κ1) is 22.9. The predicted octanol–water partition coefficient (Wildman–Crippen LogP) is 4.71. The molecule has 1 aromatic carbocycles. The van der Waals surface area contributed by atoms with Crippen molar-refractivity contribution in [3.05, 3.63) is 87.0 Å². The van der Waals surface area contributed by atoms with Gasteiger partial charge in [0.25, 0.3) is 0 Å². The van der Waals surface area contributed by atoms with Crippen LogP contribution in [0.25, 0.3) is 0 Å². The van der Waals surface area contributed by atoms with Crippen LogP contribution in [0.2, 0.25) is 0 Å². The number of carbonyl (C=O) groups is 1. The highest BCUT2D eigenvalue weighted by atomic mass is 32.1. The lowest BCUT2D eigenvalue weighted by atomic mass is 9.78. The lowest BCUT2D eigenvalue weighted by Gasteiger charge is -2.40. The molecule has 1 atom stereocenters. The molecule has 178 valence electrons. The van der Waals surface area contributed by atoms with E-state index < -0.39 is 17.7 Å². The van der Waals surface area contributed by atoms with Crippen LogP contribution in [-0.4, -0.2) is 20.5 Å². The normalized spacial score (nSPS) is 18.6. The highest BCUT2D eigenvalue weighted by Gasteiger charge is 2.43. The summed E-state index contributed by atoms with van der Waals surface area (Å²) in [5, 5.41) is 16.1. The lowest BCUT2D eigenvalue weighted by molar-refractivity contribution is -0.137. The summed E-state index contributed by atoms with van der Waals surface area (Å²) < 4.78 is 43.3. The summed E-state index contributed by atoms with van der Waals surface area (Å²) in [4.78, 5) is 19.1. The van der Waals surface area contributed by atoms with Crippen LogP contribution in [0, 0.1) is 11.3 Å². The quantitative estimate of drug-likeness (QED) is 0.561. The van der Waals surface area contributed by atoms with E-state index in [1.165, 1.54) is 40.8 Å². The summed E-state index contributed by atoms with van der Waals surface area (Å²) in [7, 11) is 0. The van der Waals surface area contributed by atoms with Gasteiger partial charge in [0.2, 0.25) is 0 Å². The number of anilines is 1. The molecule has 2 aromatic heterocycles. The lowest BCUT2D eigenvalue weighted by Crippen LogP contribution is -2.39. The zero-order valence-corrected chi connectivity index (χ0v) is 19.1. The fourth-order valence-corrected chi connectivity index (χ4v) is 5.71. The van der Waals surface area contributed by atoms with Crippen LogP contribution in [0.3, 0.4) is 0 Å². The first-order valence-electron chi connectivity index (χ1n) is 10.8. The summed E-state index contributed by atoms with van der Waals surface area (Å²) >= 11 is 1.37. The number of halogens is 3. The van der Waals surface area contributed by atoms with Gasteiger partial charge >= 0.3 is 6.18 Å². The second-order valence-corrected chi connectivity index (χ2v) is 9.22. The maximum atomic E-state index is 13.9. The van der Waals surface area contributed by atoms with E-state index in [0.717, 1.165) is 16.5 Å². The van der Waals surface area contributed by atoms with E-state index in [4.69, 9.17) is 5.73 Å². The van der Waals surface area contributed by atoms with Crippen LogP contribution < -0.4 is 10.6 Å². The number of ketones is 1. The van der Waals surface area contributed by atoms with Gasteiger partial charge in [-0.05, 0) is 42.0 Å². The second-order valence-electron chi connectivity index (χ2n) is 8.28. The Balaban J connectivity index is 1.66. The van der Waals surface area contributed by atoms with Crippen molar-refractivity contribution in [2.24, 2.45) is 5.73 Å². The first-order valence-corrected chi connectivity index (χ1v) is 11.7. The Morgan fingerprint density at radius 1 is 1.26 bits per heavy atom. The SMILES string of the molecule is N#CC1=C(N)N(c2ccccc2C(F)(F)F)C2=C(C(=O)CCC2)C1c1cc(Cn2cncn2)cs1. The van der Waals surface area contributed by atoms with E-state index in [1.807, 2.05) is 11.4 Å². The molecule has 0 radical (unpaired) electrons. The molecule has 1 unspecified atom stereocenters. The van der Waals surface area contributed by atoms with E-state index in [9.17, 15) is 23.2 Å². The molecule has 7 nitrogen and oxygen atoms in total. The number of nitriles is 1. The smallest absolute Gasteiger partial charge is 0.384 e. The standard InChI is InChI=1S/C24H19F3N6OS/c25-24(26,27)16-4-1-2-5-17(16)33-18-6-3-7-19(34)22(18)21(15(9-28)23(33)29)20-8-14(11-35-20)10-32-13-30-12-31-32/h1-2,4-5,8,11-13,21H,3,6-7,10,29H2. The van der Waals surface area contributed by atoms with Crippen molar-refractivity contribution in [1.29, 1.82) is 5.26 Å². The fraction of sp³-hybridized carbons (Fsp3) is 0.250. The molecule has 0 saturated carbocycles. The van der Waals surface area contributed by atoms with Gasteiger partial charge in [-0.15, -0.1) is 11.3 Å². The van der Waals surface area contributed by atoms with Gasteiger partial charge in [0, 0.05) is 22.6 Å². The fourth-order valence-electron chi connectivity index (χ4n) is 4.68. The monoisotopic (exact) mass is 496 g/mol. The van der Waals surface area contributed by atoms with Crippen molar-refractivity contribution in [3.63, 3.8) is 0 Å². The van der Waals surface area contributed by atoms with Gasteiger partial charge in [-0.2, -0.15) is 23.5 Å². The van der Waals surface area contributed by atoms with Crippen LogP contribution in [-0.2, 0) is 17.5 Å². The van der Waals surface area contributed by atoms with Crippen LogP contribution in [0.15, 0.2) is 71.0 Å². The van der Waals surface area contributed by atoms with Crippen molar-refractivity contribution in [3.8, 4) is 6.07 Å². The number of hydrogen-bond acceptors (Lipinski definition) is 7. The van der Waals surface area contributed by atoms with E-state index in [-0.39, 0.29) is 29.3 Å². The Morgan fingerprint density at radius 2 is 2.06 bits per heavy atom. The Hall–Kier alpha value is -3.91. The van der Waals surface area contributed by atoms with Crippen molar-refractivity contribution in [1.82, 2.24) is 14.8 Å². The first-order chi connectivity index (χ1) is 16.8. The largest absolute Gasteiger partial charge is 0.418 e. The molecule has 1 aliphatic carbocycles. The van der Waals surface area contributed by atoms with Crippen molar-refractivity contribution >= 4 is 22.8 Å². The number of Topliss-reactive ketones (excluding diaryl/α,β-unsaturated/α-hetero) is 1. The number of nitrogens with two attached hydrogens (primary N) is 1. The van der Waals surface area contributed by atoms with E-state index >= 15 is 0 Å². The van der Waals surface area contributed by atoms with Gasteiger partial charge in [0.15, 0.2) is 5.78 Å². The Labute approximate surface area is 202 Å². The number of aromatic nitrogens is 3. The number of benzene rings is 1. The van der Waals surface area contributed by atoms with Gasteiger partial charge in [-0.1, -0.05) is 12.1 Å². The third kappa shape index (κ3) is 4.00. The molecule has 2 aliphatic rings. The Bertz CT molecular complexity index is 1400. The van der Waals surface area contributed by atoms with Crippen molar-refractivity contribution < 1.29 is 18.0 Å². The molecule has 11 heteroatoms. The van der Waals surface area contributed by atoms with Crippen molar-refractivity contribution in [2.45, 2.75) is 37.9 Å². The molecule has 3 heterocycles. The van der Waals surface area contributed by atoms with E-state index in [2.05, 4.69) is 16.2 Å². The van der Waals surface area contributed by atoms with Gasteiger partial charge in [0.05, 0.1) is 35.4 Å². The van der Waals surface area contributed by atoms with E-state index in [1.54, 1.807) is 11.0 Å². The number of thiophene rings is 1. The Kier molecular flexibility index (Phi) is 5.68. The summed E-state index contributed by atoms with van der Waals surface area (Å²) in [6, 6.07) is 9.05. The van der Waals surface area contributed by atoms with Gasteiger partial charge in [-0.3, -0.25) is 9.69 Å². The highest BCUT2D eigenvalue weighted by Crippen LogP contribution is 2.49. The van der Waals surface area contributed by atoms with Crippen LogP contribution in [0.1, 0.15) is 41.2 Å². The minimum atomic E-state index is -4.63. The number of carbonyl (C=O) groups excluding carboxylic acids is 1. The molecule has 35 heavy (non-hydrogen) atoms. The number of hydrogen-bond donors (Lipinski definition) is 1. The molecule has 5 rings (SSSR count). The average molecular weight is 497 g/mol. The molecule has 0 saturated heterocycles. The van der Waals surface area contributed by atoms with Crippen LogP contribution >= 0.6 is 11.3 Å². The minimum Gasteiger partial charge on any atom is -0.384 e. The molecule has 0 spiro atoms. The minimum absolute atomic E-state index is 0.0603. The van der Waals surface area contributed by atoms with Gasteiger partial charge in [0.1, 0.15) is 18.5 Å². The van der Waals surface area contributed by atoms with E-state index in [0.29, 0.717) is 30.7 Å². The second kappa shape index (κ2) is 8.70. The number of allylic oxidation sites excluding steroid dienone is 3. The third-order valence-electron chi connectivity index (χ3n) is 6.13. The van der Waals surface area contributed by atoms with Crippen molar-refractivity contribution in [2.75, 3.05) is 4.90 Å². The zero-order chi connectivity index (χ0) is 24.7. The third-order valence-corrected chi connectivity index (χ3v) is 7.18. The molecule has 2 N–H and O–H groups in total. The van der Waals surface area contributed by atoms with Crippen LogP contribution in [0.5, 0.6) is 0 Å². The zero-order valence-electron chi connectivity index (χ0n) is 18.3.